The Morgan fingerprint density at radius 3 is 2.93 bits per heavy atom. The highest BCUT2D eigenvalue weighted by Gasteiger charge is 2.19. The summed E-state index contributed by atoms with van der Waals surface area (Å²) in [7, 11) is 1.86. The van der Waals surface area contributed by atoms with Crippen LogP contribution in [0.3, 0.4) is 0 Å². The van der Waals surface area contributed by atoms with Gasteiger partial charge in [0.2, 0.25) is 0 Å². The molecule has 5 rings (SSSR count). The number of aromatic nitrogens is 4. The number of hydrogen-bond donors (Lipinski definition) is 2. The van der Waals surface area contributed by atoms with Gasteiger partial charge in [-0.05, 0) is 44.2 Å². The summed E-state index contributed by atoms with van der Waals surface area (Å²) < 4.78 is 3.53. The van der Waals surface area contributed by atoms with Gasteiger partial charge in [-0.1, -0.05) is 0 Å². The first-order valence-electron chi connectivity index (χ1n) is 9.42. The maximum atomic E-state index is 12.9. The molecular formula is C21H21N5O2. The molecule has 4 aromatic rings. The van der Waals surface area contributed by atoms with Gasteiger partial charge in [0.15, 0.2) is 0 Å². The Hall–Kier alpha value is -3.19. The van der Waals surface area contributed by atoms with E-state index in [0.717, 1.165) is 36.0 Å². The van der Waals surface area contributed by atoms with E-state index >= 15 is 0 Å². The lowest BCUT2D eigenvalue weighted by molar-refractivity contribution is 0.474. The molecule has 1 aliphatic rings. The van der Waals surface area contributed by atoms with Crippen molar-refractivity contribution in [3.8, 4) is 17.0 Å². The van der Waals surface area contributed by atoms with Gasteiger partial charge in [-0.15, -0.1) is 0 Å². The van der Waals surface area contributed by atoms with Gasteiger partial charge in [0.05, 0.1) is 28.2 Å². The van der Waals surface area contributed by atoms with Crippen molar-refractivity contribution in [2.24, 2.45) is 7.05 Å². The van der Waals surface area contributed by atoms with E-state index in [9.17, 15) is 9.90 Å². The van der Waals surface area contributed by atoms with Crippen molar-refractivity contribution in [1.82, 2.24) is 24.6 Å². The van der Waals surface area contributed by atoms with Gasteiger partial charge in [-0.2, -0.15) is 5.10 Å². The molecule has 2 N–H and O–H groups in total. The van der Waals surface area contributed by atoms with Crippen molar-refractivity contribution in [2.45, 2.75) is 19.4 Å². The Labute approximate surface area is 161 Å². The molecule has 1 atom stereocenters. The Balaban J connectivity index is 1.66. The third-order valence-corrected chi connectivity index (χ3v) is 5.61. The second kappa shape index (κ2) is 6.17. The number of phenolic OH excluding ortho intramolecular Hbond substituents is 1. The molecule has 142 valence electrons. The lowest BCUT2D eigenvalue weighted by Crippen LogP contribution is -2.25. The molecule has 7 heteroatoms. The monoisotopic (exact) mass is 375 g/mol. The van der Waals surface area contributed by atoms with Crippen LogP contribution in [0.2, 0.25) is 0 Å². The fourth-order valence-corrected chi connectivity index (χ4v) is 4.09. The molecule has 3 aromatic heterocycles. The van der Waals surface area contributed by atoms with Crippen molar-refractivity contribution < 1.29 is 5.11 Å². The van der Waals surface area contributed by atoms with Crippen LogP contribution in [0.25, 0.3) is 33.1 Å². The number of hydrogen-bond acceptors (Lipinski definition) is 5. The van der Waals surface area contributed by atoms with Gasteiger partial charge in [-0.25, -0.2) is 4.98 Å². The maximum absolute atomic E-state index is 12.9. The second-order valence-corrected chi connectivity index (χ2v) is 7.44. The molecule has 0 radical (unpaired) electrons. The van der Waals surface area contributed by atoms with Crippen LogP contribution < -0.4 is 10.9 Å². The zero-order valence-corrected chi connectivity index (χ0v) is 15.8. The molecular weight excluding hydrogens is 354 g/mol. The zero-order valence-electron chi connectivity index (χ0n) is 15.8. The largest absolute Gasteiger partial charge is 0.507 e. The highest BCUT2D eigenvalue weighted by atomic mass is 16.3. The predicted octanol–water partition coefficient (Wildman–Crippen LogP) is 2.50. The minimum atomic E-state index is -0.0200. The number of phenols is 1. The Morgan fingerprint density at radius 1 is 1.29 bits per heavy atom. The Kier molecular flexibility index (Phi) is 3.73. The first kappa shape index (κ1) is 16.9. The number of aryl methyl sites for hydroxylation is 2. The van der Waals surface area contributed by atoms with Crippen LogP contribution in [-0.2, 0) is 7.05 Å². The molecule has 1 aliphatic heterocycles. The molecule has 0 amide bonds. The molecule has 0 spiro atoms. The van der Waals surface area contributed by atoms with E-state index in [0.29, 0.717) is 22.2 Å². The first-order chi connectivity index (χ1) is 13.5. The van der Waals surface area contributed by atoms with Crippen molar-refractivity contribution in [3.05, 3.63) is 52.6 Å². The minimum absolute atomic E-state index is 0.0200. The van der Waals surface area contributed by atoms with E-state index in [-0.39, 0.29) is 17.4 Å². The predicted molar refractivity (Wildman–Crippen MR) is 109 cm³/mol. The number of fused-ring (bicyclic) bond motifs is 2. The van der Waals surface area contributed by atoms with E-state index in [4.69, 9.17) is 0 Å². The molecule has 0 aliphatic carbocycles. The summed E-state index contributed by atoms with van der Waals surface area (Å²) in [6, 6.07) is 7.57. The highest BCUT2D eigenvalue weighted by molar-refractivity contribution is 5.91. The van der Waals surface area contributed by atoms with Crippen LogP contribution in [0.1, 0.15) is 18.0 Å². The number of aromatic hydroxyl groups is 1. The molecule has 1 aromatic carbocycles. The third kappa shape index (κ3) is 2.51. The van der Waals surface area contributed by atoms with E-state index in [2.05, 4.69) is 15.4 Å². The first-order valence-corrected chi connectivity index (χ1v) is 9.42. The van der Waals surface area contributed by atoms with Gasteiger partial charge in [0.1, 0.15) is 5.75 Å². The van der Waals surface area contributed by atoms with Gasteiger partial charge >= 0.3 is 0 Å². The topological polar surface area (TPSA) is 85.0 Å². The second-order valence-electron chi connectivity index (χ2n) is 7.44. The van der Waals surface area contributed by atoms with Gasteiger partial charge in [0.25, 0.3) is 5.56 Å². The summed E-state index contributed by atoms with van der Waals surface area (Å²) in [6.45, 7) is 3.60. The SMILES string of the molecule is Cc1c(O)c(-c2ccc3c(=O)n([C@H]4CCNC4)ccc3n2)cc2cn(C)nc12. The Bertz CT molecular complexity index is 1280. The van der Waals surface area contributed by atoms with E-state index in [1.165, 1.54) is 0 Å². The van der Waals surface area contributed by atoms with Crippen LogP contribution in [0.5, 0.6) is 5.75 Å². The molecule has 4 heterocycles. The van der Waals surface area contributed by atoms with E-state index in [1.807, 2.05) is 38.5 Å². The van der Waals surface area contributed by atoms with Crippen molar-refractivity contribution in [2.75, 3.05) is 13.1 Å². The van der Waals surface area contributed by atoms with Gasteiger partial charge in [0, 0.05) is 42.5 Å². The number of pyridine rings is 2. The maximum Gasteiger partial charge on any atom is 0.260 e. The summed E-state index contributed by atoms with van der Waals surface area (Å²) in [5.41, 5.74) is 3.39. The van der Waals surface area contributed by atoms with Crippen LogP contribution >= 0.6 is 0 Å². The minimum Gasteiger partial charge on any atom is -0.507 e. The van der Waals surface area contributed by atoms with Crippen molar-refractivity contribution in [3.63, 3.8) is 0 Å². The van der Waals surface area contributed by atoms with Crippen LogP contribution in [0, 0.1) is 6.92 Å². The number of benzene rings is 1. The van der Waals surface area contributed by atoms with Gasteiger partial charge in [-0.3, -0.25) is 9.48 Å². The molecule has 1 fully saturated rings. The van der Waals surface area contributed by atoms with Crippen molar-refractivity contribution in [1.29, 1.82) is 0 Å². The third-order valence-electron chi connectivity index (χ3n) is 5.61. The fraction of sp³-hybridized carbons (Fsp3) is 0.286. The molecule has 28 heavy (non-hydrogen) atoms. The highest BCUT2D eigenvalue weighted by Crippen LogP contribution is 2.36. The number of nitrogens with zero attached hydrogens (tertiary/aromatic N) is 4. The van der Waals surface area contributed by atoms with Crippen LogP contribution in [-0.4, -0.2) is 37.5 Å². The summed E-state index contributed by atoms with van der Waals surface area (Å²) in [4.78, 5) is 17.6. The van der Waals surface area contributed by atoms with Crippen LogP contribution in [0.4, 0.5) is 0 Å². The molecule has 7 nitrogen and oxygen atoms in total. The summed E-state index contributed by atoms with van der Waals surface area (Å²) in [5, 5.41) is 19.9. The smallest absolute Gasteiger partial charge is 0.260 e. The van der Waals surface area contributed by atoms with Gasteiger partial charge < -0.3 is 15.0 Å². The normalized spacial score (nSPS) is 17.0. The molecule has 0 saturated carbocycles. The molecule has 1 saturated heterocycles. The summed E-state index contributed by atoms with van der Waals surface area (Å²) in [5.74, 6) is 0.170. The van der Waals surface area contributed by atoms with Crippen molar-refractivity contribution >= 4 is 21.8 Å². The quantitative estimate of drug-likeness (QED) is 0.562. The molecule has 0 bridgehead atoms. The number of rotatable bonds is 2. The average Bonchev–Trinajstić information content (AvgIpc) is 3.34. The van der Waals surface area contributed by atoms with E-state index < -0.39 is 0 Å². The zero-order chi connectivity index (χ0) is 19.4. The summed E-state index contributed by atoms with van der Waals surface area (Å²) in [6.07, 6.45) is 4.70. The Morgan fingerprint density at radius 2 is 2.14 bits per heavy atom. The lowest BCUT2D eigenvalue weighted by atomic mass is 10.0. The lowest BCUT2D eigenvalue weighted by Gasteiger charge is -2.14. The fourth-order valence-electron chi connectivity index (χ4n) is 4.09. The number of nitrogens with one attached hydrogen (secondary N) is 1. The van der Waals surface area contributed by atoms with Crippen LogP contribution in [0.15, 0.2) is 41.5 Å². The average molecular weight is 375 g/mol. The van der Waals surface area contributed by atoms with E-state index in [1.54, 1.807) is 21.4 Å². The summed E-state index contributed by atoms with van der Waals surface area (Å²) >= 11 is 0. The standard InChI is InChI=1S/C21H21N5O2/c1-12-19-13(11-25(2)24-19)9-16(20(12)27)17-4-3-15-18(23-17)6-8-26(21(15)28)14-5-7-22-10-14/h3-4,6,8-9,11,14,22,27H,5,7,10H2,1-2H3/t14-/m0/s1. The molecule has 0 unspecified atom stereocenters.